The fourth-order valence-electron chi connectivity index (χ4n) is 3.83. The van der Waals surface area contributed by atoms with Crippen LogP contribution in [0.5, 0.6) is 0 Å². The zero-order valence-corrected chi connectivity index (χ0v) is 19.7. The number of aryl methyl sites for hydroxylation is 1. The Balaban J connectivity index is 1.54. The minimum Gasteiger partial charge on any atom is -0.326 e. The van der Waals surface area contributed by atoms with Crippen LogP contribution >= 0.6 is 0 Å². The molecular weight excluding hydrogens is 432 g/mol. The van der Waals surface area contributed by atoms with Crippen molar-refractivity contribution in [1.29, 1.82) is 0 Å². The van der Waals surface area contributed by atoms with Crippen LogP contribution in [0.4, 0.5) is 11.4 Å². The smallest absolute Gasteiger partial charge is 0.251 e. The molecule has 4 aromatic rings. The highest BCUT2D eigenvalue weighted by Crippen LogP contribution is 2.21. The number of benzene rings is 4. The number of hydrogen-bond donors (Lipinski definition) is 1. The Bertz CT molecular complexity index is 1310. The van der Waals surface area contributed by atoms with E-state index in [1.54, 1.807) is 11.0 Å². The standard InChI is InChI=1S/C31H28N2O2/c1-24-10-8-16-28(20-24)32-30(34)22-27-15-9-17-29(21-27)33(23-26-13-6-3-7-14-26)31(35)19-18-25-11-4-2-5-12-25/h2-21H,22-23H2,1H3,(H,32,34)/b19-18+. The third kappa shape index (κ3) is 7.02. The molecule has 0 saturated heterocycles. The Kier molecular flexibility index (Phi) is 7.87. The second kappa shape index (κ2) is 11.6. The molecule has 0 aliphatic rings. The molecule has 2 amide bonds. The number of hydrogen-bond acceptors (Lipinski definition) is 2. The summed E-state index contributed by atoms with van der Waals surface area (Å²) in [5.74, 6) is -0.225. The van der Waals surface area contributed by atoms with Gasteiger partial charge in [0.05, 0.1) is 13.0 Å². The Morgan fingerprint density at radius 1 is 0.771 bits per heavy atom. The SMILES string of the molecule is Cc1cccc(NC(=O)Cc2cccc(N(Cc3ccccc3)C(=O)/C=C/c3ccccc3)c2)c1. The maximum atomic E-state index is 13.3. The van der Waals surface area contributed by atoms with Crippen LogP contribution in [0.1, 0.15) is 22.3 Å². The molecule has 0 radical (unpaired) electrons. The lowest BCUT2D eigenvalue weighted by molar-refractivity contribution is -0.115. The fourth-order valence-corrected chi connectivity index (χ4v) is 3.83. The van der Waals surface area contributed by atoms with Crippen LogP contribution < -0.4 is 10.2 Å². The fraction of sp³-hybridized carbons (Fsp3) is 0.0968. The Hall–Kier alpha value is -4.44. The summed E-state index contributed by atoms with van der Waals surface area (Å²) in [6, 6.07) is 35.0. The molecule has 0 aromatic heterocycles. The minimum atomic E-state index is -0.126. The van der Waals surface area contributed by atoms with Gasteiger partial charge in [-0.2, -0.15) is 0 Å². The van der Waals surface area contributed by atoms with Crippen molar-refractivity contribution in [3.8, 4) is 0 Å². The predicted molar refractivity (Wildman–Crippen MR) is 143 cm³/mol. The molecule has 0 spiro atoms. The van der Waals surface area contributed by atoms with Crippen molar-refractivity contribution < 1.29 is 9.59 Å². The number of amides is 2. The molecule has 0 saturated carbocycles. The third-order valence-electron chi connectivity index (χ3n) is 5.56. The molecule has 4 nitrogen and oxygen atoms in total. The van der Waals surface area contributed by atoms with Crippen LogP contribution in [0.25, 0.3) is 6.08 Å². The number of carbonyl (C=O) groups excluding carboxylic acids is 2. The predicted octanol–water partition coefficient (Wildman–Crippen LogP) is 6.42. The van der Waals surface area contributed by atoms with Crippen molar-refractivity contribution in [2.24, 2.45) is 0 Å². The first-order valence-electron chi connectivity index (χ1n) is 11.6. The molecule has 1 N–H and O–H groups in total. The molecule has 0 fully saturated rings. The highest BCUT2D eigenvalue weighted by Gasteiger charge is 2.15. The van der Waals surface area contributed by atoms with Crippen LogP contribution in [0.3, 0.4) is 0 Å². The Morgan fingerprint density at radius 3 is 2.20 bits per heavy atom. The summed E-state index contributed by atoms with van der Waals surface area (Å²) < 4.78 is 0. The molecule has 4 aromatic carbocycles. The Labute approximate surface area is 206 Å². The van der Waals surface area contributed by atoms with Crippen LogP contribution in [-0.2, 0) is 22.6 Å². The molecule has 0 aliphatic carbocycles. The average Bonchev–Trinajstić information content (AvgIpc) is 2.87. The maximum absolute atomic E-state index is 13.3. The quantitative estimate of drug-likeness (QED) is 0.308. The van der Waals surface area contributed by atoms with Crippen molar-refractivity contribution in [2.45, 2.75) is 19.9 Å². The second-order valence-corrected chi connectivity index (χ2v) is 8.42. The van der Waals surface area contributed by atoms with E-state index in [4.69, 9.17) is 0 Å². The number of nitrogens with one attached hydrogen (secondary N) is 1. The lowest BCUT2D eigenvalue weighted by Gasteiger charge is -2.22. The normalized spacial score (nSPS) is 10.8. The van der Waals surface area contributed by atoms with Crippen LogP contribution in [-0.4, -0.2) is 11.8 Å². The molecule has 4 rings (SSSR count). The van der Waals surface area contributed by atoms with Crippen molar-refractivity contribution in [3.05, 3.63) is 138 Å². The van der Waals surface area contributed by atoms with Crippen molar-refractivity contribution in [1.82, 2.24) is 0 Å². The topological polar surface area (TPSA) is 49.4 Å². The third-order valence-corrected chi connectivity index (χ3v) is 5.56. The monoisotopic (exact) mass is 460 g/mol. The van der Waals surface area contributed by atoms with Gasteiger partial charge in [-0.05, 0) is 59.5 Å². The van der Waals surface area contributed by atoms with Crippen LogP contribution in [0.15, 0.2) is 115 Å². The molecule has 35 heavy (non-hydrogen) atoms. The lowest BCUT2D eigenvalue weighted by atomic mass is 10.1. The van der Waals surface area contributed by atoms with Gasteiger partial charge in [0.1, 0.15) is 0 Å². The lowest BCUT2D eigenvalue weighted by Crippen LogP contribution is -2.28. The highest BCUT2D eigenvalue weighted by atomic mass is 16.2. The molecule has 0 unspecified atom stereocenters. The average molecular weight is 461 g/mol. The van der Waals surface area contributed by atoms with E-state index in [2.05, 4.69) is 5.32 Å². The molecule has 174 valence electrons. The number of carbonyl (C=O) groups is 2. The molecule has 0 atom stereocenters. The van der Waals surface area contributed by atoms with Gasteiger partial charge in [-0.15, -0.1) is 0 Å². The van der Waals surface area contributed by atoms with Gasteiger partial charge in [0.25, 0.3) is 5.91 Å². The first-order chi connectivity index (χ1) is 17.1. The van der Waals surface area contributed by atoms with E-state index in [0.717, 1.165) is 33.6 Å². The summed E-state index contributed by atoms with van der Waals surface area (Å²) in [7, 11) is 0. The molecule has 0 bridgehead atoms. The number of nitrogens with zero attached hydrogens (tertiary/aromatic N) is 1. The maximum Gasteiger partial charge on any atom is 0.251 e. The summed E-state index contributed by atoms with van der Waals surface area (Å²) >= 11 is 0. The molecule has 0 heterocycles. The van der Waals surface area contributed by atoms with E-state index >= 15 is 0 Å². The largest absolute Gasteiger partial charge is 0.326 e. The summed E-state index contributed by atoms with van der Waals surface area (Å²) in [6.45, 7) is 2.42. The first-order valence-corrected chi connectivity index (χ1v) is 11.6. The van der Waals surface area contributed by atoms with E-state index in [1.165, 1.54) is 0 Å². The van der Waals surface area contributed by atoms with Crippen molar-refractivity contribution in [3.63, 3.8) is 0 Å². The van der Waals surface area contributed by atoms with Crippen molar-refractivity contribution >= 4 is 29.3 Å². The van der Waals surface area contributed by atoms with Gasteiger partial charge in [0, 0.05) is 17.5 Å². The van der Waals surface area contributed by atoms with E-state index in [9.17, 15) is 9.59 Å². The Morgan fingerprint density at radius 2 is 1.46 bits per heavy atom. The van der Waals surface area contributed by atoms with Crippen LogP contribution in [0, 0.1) is 6.92 Å². The molecular formula is C31H28N2O2. The van der Waals surface area contributed by atoms with Gasteiger partial charge >= 0.3 is 0 Å². The zero-order valence-electron chi connectivity index (χ0n) is 19.7. The van der Waals surface area contributed by atoms with Gasteiger partial charge in [0.15, 0.2) is 0 Å². The van der Waals surface area contributed by atoms with Gasteiger partial charge in [-0.3, -0.25) is 9.59 Å². The summed E-state index contributed by atoms with van der Waals surface area (Å²) in [6.07, 6.45) is 3.63. The summed E-state index contributed by atoms with van der Waals surface area (Å²) in [5.41, 5.74) is 5.43. The van der Waals surface area contributed by atoms with Gasteiger partial charge < -0.3 is 10.2 Å². The first kappa shape index (κ1) is 23.7. The highest BCUT2D eigenvalue weighted by molar-refractivity contribution is 6.04. The van der Waals surface area contributed by atoms with Gasteiger partial charge in [-0.25, -0.2) is 0 Å². The van der Waals surface area contributed by atoms with E-state index in [0.29, 0.717) is 6.54 Å². The minimum absolute atomic E-state index is 0.0994. The van der Waals surface area contributed by atoms with Crippen molar-refractivity contribution in [2.75, 3.05) is 10.2 Å². The van der Waals surface area contributed by atoms with Gasteiger partial charge in [0.2, 0.25) is 5.91 Å². The van der Waals surface area contributed by atoms with E-state index < -0.39 is 0 Å². The summed E-state index contributed by atoms with van der Waals surface area (Å²) in [5, 5.41) is 2.95. The summed E-state index contributed by atoms with van der Waals surface area (Å²) in [4.78, 5) is 27.7. The van der Waals surface area contributed by atoms with Gasteiger partial charge in [-0.1, -0.05) is 84.9 Å². The van der Waals surface area contributed by atoms with E-state index in [1.807, 2.05) is 122 Å². The molecule has 4 heteroatoms. The van der Waals surface area contributed by atoms with Crippen LogP contribution in [0.2, 0.25) is 0 Å². The molecule has 0 aliphatic heterocycles. The zero-order chi connectivity index (χ0) is 24.5. The number of anilines is 2. The number of rotatable bonds is 8. The van der Waals surface area contributed by atoms with E-state index in [-0.39, 0.29) is 18.2 Å². The second-order valence-electron chi connectivity index (χ2n) is 8.42.